The third-order valence-electron chi connectivity index (χ3n) is 1.74. The zero-order valence-electron chi connectivity index (χ0n) is 7.87. The number of aromatic nitrogens is 1. The van der Waals surface area contributed by atoms with Crippen LogP contribution in [-0.2, 0) is 0 Å². The third kappa shape index (κ3) is 2.67. The molecular formula is C11H13NS. The van der Waals surface area contributed by atoms with Crippen molar-refractivity contribution in [2.75, 3.05) is 0 Å². The summed E-state index contributed by atoms with van der Waals surface area (Å²) in [5.41, 5.74) is 0. The molecule has 13 heavy (non-hydrogen) atoms. The van der Waals surface area contributed by atoms with Crippen molar-refractivity contribution in [2.24, 2.45) is 0 Å². The van der Waals surface area contributed by atoms with E-state index in [1.54, 1.807) is 0 Å². The fourth-order valence-electron chi connectivity index (χ4n) is 1.09. The van der Waals surface area contributed by atoms with E-state index in [2.05, 4.69) is 11.1 Å². The second-order valence-electron chi connectivity index (χ2n) is 2.67. The van der Waals surface area contributed by atoms with Crippen LogP contribution in [0.2, 0.25) is 0 Å². The molecule has 0 aliphatic rings. The normalized spacial score (nSPS) is 14.3. The molecule has 1 rings (SSSR count). The minimum absolute atomic E-state index is 0.769. The number of aromatic amines is 1. The van der Waals surface area contributed by atoms with Crippen molar-refractivity contribution in [1.29, 1.82) is 0 Å². The summed E-state index contributed by atoms with van der Waals surface area (Å²) in [6.07, 6.45) is 8.09. The lowest BCUT2D eigenvalue weighted by molar-refractivity contribution is 1.19. The second-order valence-corrected chi connectivity index (χ2v) is 3.11. The van der Waals surface area contributed by atoms with Gasteiger partial charge in [0.2, 0.25) is 0 Å². The molecule has 1 N–H and O–H groups in total. The number of H-pyrrole nitrogens is 1. The molecule has 0 aromatic carbocycles. The molecule has 0 atom stereocenters. The molecule has 0 bridgehead atoms. The average molecular weight is 191 g/mol. The average Bonchev–Trinajstić information content (AvgIpc) is 2.16. The Morgan fingerprint density at radius 2 is 2.08 bits per heavy atom. The Balaban J connectivity index is 3.48. The summed E-state index contributed by atoms with van der Waals surface area (Å²) in [4.78, 5) is 3.13. The van der Waals surface area contributed by atoms with E-state index < -0.39 is 0 Å². The van der Waals surface area contributed by atoms with Crippen molar-refractivity contribution in [3.63, 3.8) is 0 Å². The zero-order valence-corrected chi connectivity index (χ0v) is 8.69. The van der Waals surface area contributed by atoms with Crippen LogP contribution in [0.4, 0.5) is 0 Å². The van der Waals surface area contributed by atoms with Crippen molar-refractivity contribution < 1.29 is 0 Å². The molecule has 0 aliphatic carbocycles. The fourth-order valence-corrected chi connectivity index (χ4v) is 1.26. The van der Waals surface area contributed by atoms with Crippen LogP contribution in [0.15, 0.2) is 24.3 Å². The summed E-state index contributed by atoms with van der Waals surface area (Å²) in [6.45, 7) is 3.99. The van der Waals surface area contributed by atoms with E-state index in [1.807, 2.05) is 44.2 Å². The van der Waals surface area contributed by atoms with Gasteiger partial charge in [-0.15, -0.1) is 0 Å². The highest BCUT2D eigenvalue weighted by molar-refractivity contribution is 7.71. The monoisotopic (exact) mass is 191 g/mol. The van der Waals surface area contributed by atoms with Crippen LogP contribution in [0, 0.1) is 4.64 Å². The first-order chi connectivity index (χ1) is 6.27. The van der Waals surface area contributed by atoms with Gasteiger partial charge in [0, 0.05) is 5.35 Å². The predicted octanol–water partition coefficient (Wildman–Crippen LogP) is 1.90. The molecule has 0 fully saturated rings. The van der Waals surface area contributed by atoms with Crippen molar-refractivity contribution in [3.05, 3.63) is 39.5 Å². The van der Waals surface area contributed by atoms with E-state index in [0.717, 1.165) is 15.2 Å². The molecule has 2 heteroatoms. The van der Waals surface area contributed by atoms with Crippen LogP contribution in [0.25, 0.3) is 12.2 Å². The second kappa shape index (κ2) is 4.77. The van der Waals surface area contributed by atoms with Gasteiger partial charge in [-0.25, -0.2) is 0 Å². The molecule has 0 radical (unpaired) electrons. The van der Waals surface area contributed by atoms with Gasteiger partial charge in [-0.3, -0.25) is 0 Å². The van der Waals surface area contributed by atoms with Crippen LogP contribution >= 0.6 is 12.2 Å². The highest BCUT2D eigenvalue weighted by atomic mass is 32.1. The van der Waals surface area contributed by atoms with E-state index in [0.29, 0.717) is 0 Å². The Morgan fingerprint density at radius 3 is 2.69 bits per heavy atom. The lowest BCUT2D eigenvalue weighted by Gasteiger charge is -1.89. The molecular weight excluding hydrogens is 178 g/mol. The highest BCUT2D eigenvalue weighted by Crippen LogP contribution is 1.76. The number of hydrogen-bond donors (Lipinski definition) is 1. The maximum Gasteiger partial charge on any atom is 0.103 e. The first-order valence-electron chi connectivity index (χ1n) is 4.26. The topological polar surface area (TPSA) is 15.8 Å². The van der Waals surface area contributed by atoms with Crippen molar-refractivity contribution in [1.82, 2.24) is 4.98 Å². The fraction of sp³-hybridized carbons (Fsp3) is 0.182. The molecule has 0 saturated carbocycles. The SMILES string of the molecule is C\C=C/C=c1/ccc(=S)[nH]/c1=C/C. The number of nitrogens with one attached hydrogen (secondary N) is 1. The zero-order chi connectivity index (χ0) is 9.68. The van der Waals surface area contributed by atoms with Gasteiger partial charge in [-0.05, 0) is 31.2 Å². The predicted molar refractivity (Wildman–Crippen MR) is 60.3 cm³/mol. The van der Waals surface area contributed by atoms with Gasteiger partial charge in [0.05, 0.1) is 0 Å². The van der Waals surface area contributed by atoms with Crippen LogP contribution in [0.5, 0.6) is 0 Å². The van der Waals surface area contributed by atoms with Crippen LogP contribution < -0.4 is 10.6 Å². The first kappa shape index (κ1) is 9.93. The van der Waals surface area contributed by atoms with Gasteiger partial charge in [0.25, 0.3) is 0 Å². The molecule has 0 saturated heterocycles. The number of rotatable bonds is 1. The van der Waals surface area contributed by atoms with E-state index >= 15 is 0 Å². The summed E-state index contributed by atoms with van der Waals surface area (Å²) in [5.74, 6) is 0. The molecule has 0 aliphatic heterocycles. The summed E-state index contributed by atoms with van der Waals surface area (Å²) < 4.78 is 0.769. The third-order valence-corrected chi connectivity index (χ3v) is 1.98. The summed E-state index contributed by atoms with van der Waals surface area (Å²) >= 11 is 5.03. The molecule has 1 aromatic heterocycles. The summed E-state index contributed by atoms with van der Waals surface area (Å²) in [6, 6.07) is 3.92. The number of allylic oxidation sites excluding steroid dienone is 2. The quantitative estimate of drug-likeness (QED) is 0.670. The number of pyridine rings is 1. The largest absolute Gasteiger partial charge is 0.346 e. The smallest absolute Gasteiger partial charge is 0.103 e. The molecule has 0 spiro atoms. The van der Waals surface area contributed by atoms with Crippen LogP contribution in [-0.4, -0.2) is 4.98 Å². The lowest BCUT2D eigenvalue weighted by Crippen LogP contribution is -2.27. The van der Waals surface area contributed by atoms with Crippen molar-refractivity contribution in [2.45, 2.75) is 13.8 Å². The Hall–Kier alpha value is -1.15. The van der Waals surface area contributed by atoms with E-state index in [4.69, 9.17) is 12.2 Å². The maximum absolute atomic E-state index is 5.03. The van der Waals surface area contributed by atoms with Gasteiger partial charge < -0.3 is 4.98 Å². The summed E-state index contributed by atoms with van der Waals surface area (Å²) in [7, 11) is 0. The van der Waals surface area contributed by atoms with Crippen molar-refractivity contribution in [3.8, 4) is 0 Å². The van der Waals surface area contributed by atoms with E-state index in [9.17, 15) is 0 Å². The van der Waals surface area contributed by atoms with Gasteiger partial charge in [0.1, 0.15) is 4.64 Å². The van der Waals surface area contributed by atoms with Crippen LogP contribution in [0.1, 0.15) is 13.8 Å². The van der Waals surface area contributed by atoms with Gasteiger partial charge in [-0.1, -0.05) is 36.5 Å². The first-order valence-corrected chi connectivity index (χ1v) is 4.67. The lowest BCUT2D eigenvalue weighted by atomic mass is 10.3. The molecule has 0 unspecified atom stereocenters. The standard InChI is InChI=1S/C11H13NS/c1-3-5-6-9-7-8-11(13)12-10(9)4-2/h3-8H,1-2H3,(H,12,13)/b5-3-,9-6-,10-4+. The van der Waals surface area contributed by atoms with Gasteiger partial charge in [0.15, 0.2) is 0 Å². The van der Waals surface area contributed by atoms with Gasteiger partial charge >= 0.3 is 0 Å². The molecule has 0 amide bonds. The Bertz CT molecular complexity index is 466. The molecule has 1 aromatic rings. The molecule has 1 nitrogen and oxygen atoms in total. The van der Waals surface area contributed by atoms with E-state index in [1.165, 1.54) is 0 Å². The summed E-state index contributed by atoms with van der Waals surface area (Å²) in [5, 5.41) is 2.24. The number of hydrogen-bond acceptors (Lipinski definition) is 1. The Labute approximate surface area is 83.1 Å². The van der Waals surface area contributed by atoms with Crippen LogP contribution in [0.3, 0.4) is 0 Å². The van der Waals surface area contributed by atoms with Crippen molar-refractivity contribution >= 4 is 24.4 Å². The maximum atomic E-state index is 5.03. The minimum Gasteiger partial charge on any atom is -0.346 e. The molecule has 1 heterocycles. The molecule has 68 valence electrons. The Morgan fingerprint density at radius 1 is 1.31 bits per heavy atom. The van der Waals surface area contributed by atoms with Gasteiger partial charge in [-0.2, -0.15) is 0 Å². The van der Waals surface area contributed by atoms with E-state index in [-0.39, 0.29) is 0 Å². The Kier molecular flexibility index (Phi) is 3.65. The minimum atomic E-state index is 0.769. The highest BCUT2D eigenvalue weighted by Gasteiger charge is 1.81.